The maximum Gasteiger partial charge on any atom is 0.229 e. The summed E-state index contributed by atoms with van der Waals surface area (Å²) in [4.78, 5) is 20.6. The number of aromatic nitrogens is 1. The normalized spacial score (nSPS) is 24.0. The number of nitrogens with two attached hydrogens (primary N) is 1. The van der Waals surface area contributed by atoms with Crippen LogP contribution in [-0.4, -0.2) is 23.5 Å². The molecule has 0 aromatic carbocycles. The van der Waals surface area contributed by atoms with E-state index < -0.39 is 0 Å². The molecule has 0 aliphatic heterocycles. The van der Waals surface area contributed by atoms with Gasteiger partial charge >= 0.3 is 0 Å². The van der Waals surface area contributed by atoms with Crippen molar-refractivity contribution in [3.63, 3.8) is 0 Å². The maximum atomic E-state index is 12.7. The number of rotatable bonds is 5. The van der Waals surface area contributed by atoms with Gasteiger partial charge in [-0.05, 0) is 44.4 Å². The molecule has 1 fully saturated rings. The highest BCUT2D eigenvalue weighted by atomic mass is 32.1. The number of amides is 1. The van der Waals surface area contributed by atoms with Crippen molar-refractivity contribution < 1.29 is 4.79 Å². The third-order valence-electron chi connectivity index (χ3n) is 4.83. The topological polar surface area (TPSA) is 59.2 Å². The summed E-state index contributed by atoms with van der Waals surface area (Å²) in [6, 6.07) is 0.180. The molecule has 22 heavy (non-hydrogen) atoms. The fraction of sp³-hybridized carbons (Fsp3) is 0.647. The van der Waals surface area contributed by atoms with Crippen LogP contribution in [0.5, 0.6) is 0 Å². The molecule has 1 aromatic rings. The van der Waals surface area contributed by atoms with Crippen LogP contribution < -0.4 is 10.6 Å². The van der Waals surface area contributed by atoms with E-state index >= 15 is 0 Å². The third kappa shape index (κ3) is 3.25. The fourth-order valence-corrected chi connectivity index (χ4v) is 4.70. The van der Waals surface area contributed by atoms with E-state index in [-0.39, 0.29) is 11.9 Å². The average molecular weight is 319 g/mol. The Morgan fingerprint density at radius 3 is 2.86 bits per heavy atom. The molecule has 0 unspecified atom stereocenters. The summed E-state index contributed by atoms with van der Waals surface area (Å²) in [5.41, 5.74) is 7.32. The van der Waals surface area contributed by atoms with Crippen molar-refractivity contribution in [1.82, 2.24) is 4.98 Å². The molecule has 1 heterocycles. The second kappa shape index (κ2) is 6.92. The summed E-state index contributed by atoms with van der Waals surface area (Å²) in [6.07, 6.45) is 10.2. The van der Waals surface area contributed by atoms with E-state index in [4.69, 9.17) is 10.7 Å². The molecule has 0 bridgehead atoms. The number of thiazole rings is 1. The second-order valence-electron chi connectivity index (χ2n) is 6.43. The van der Waals surface area contributed by atoms with Crippen LogP contribution in [0.2, 0.25) is 0 Å². The van der Waals surface area contributed by atoms with Gasteiger partial charge in [-0.25, -0.2) is 4.98 Å². The Morgan fingerprint density at radius 2 is 2.18 bits per heavy atom. The van der Waals surface area contributed by atoms with E-state index in [1.165, 1.54) is 23.4 Å². The van der Waals surface area contributed by atoms with Crippen LogP contribution >= 0.6 is 11.3 Å². The molecule has 3 rings (SSSR count). The van der Waals surface area contributed by atoms with Gasteiger partial charge in [0.1, 0.15) is 0 Å². The molecule has 2 aliphatic carbocycles. The Hall–Kier alpha value is -1.20. The molecule has 0 spiro atoms. The zero-order valence-corrected chi connectivity index (χ0v) is 13.9. The molecule has 120 valence electrons. The van der Waals surface area contributed by atoms with Crippen molar-refractivity contribution in [2.24, 2.45) is 11.7 Å². The molecule has 1 amide bonds. The van der Waals surface area contributed by atoms with Crippen LogP contribution in [0.3, 0.4) is 0 Å². The van der Waals surface area contributed by atoms with E-state index in [9.17, 15) is 4.79 Å². The summed E-state index contributed by atoms with van der Waals surface area (Å²) in [5, 5.41) is 0.850. The zero-order valence-electron chi connectivity index (χ0n) is 13.1. The minimum atomic E-state index is 0.147. The van der Waals surface area contributed by atoms with Gasteiger partial charge in [-0.15, -0.1) is 17.9 Å². The molecule has 4 nitrogen and oxygen atoms in total. The van der Waals surface area contributed by atoms with Crippen LogP contribution in [0.1, 0.15) is 49.1 Å². The standard InChI is InChI=1S/C17H25N3OS/c1-2-10-20(16(21)11-12-6-5-7-13(12)18)17-19-14-8-3-4-9-15(14)22-17/h2,12-13H,1,3-11,18H2/t12-,13+/m0/s1. The lowest BCUT2D eigenvalue weighted by Gasteiger charge is -2.21. The van der Waals surface area contributed by atoms with Gasteiger partial charge in [0.05, 0.1) is 5.69 Å². The van der Waals surface area contributed by atoms with E-state index in [1.54, 1.807) is 22.3 Å². The molecule has 2 aliphatic rings. The molecule has 2 N–H and O–H groups in total. The van der Waals surface area contributed by atoms with Gasteiger partial charge in [0.15, 0.2) is 5.13 Å². The SMILES string of the molecule is C=CCN(C(=O)C[C@@H]1CCC[C@H]1N)c1nc2c(s1)CCCC2. The number of anilines is 1. The molecular formula is C17H25N3OS. The van der Waals surface area contributed by atoms with E-state index in [2.05, 4.69) is 6.58 Å². The van der Waals surface area contributed by atoms with Gasteiger partial charge in [-0.2, -0.15) is 0 Å². The van der Waals surface area contributed by atoms with E-state index in [0.717, 1.165) is 37.2 Å². The fourth-order valence-electron chi connectivity index (χ4n) is 3.52. The first kappa shape index (κ1) is 15.7. The summed E-state index contributed by atoms with van der Waals surface area (Å²) >= 11 is 1.69. The quantitative estimate of drug-likeness (QED) is 0.849. The van der Waals surface area contributed by atoms with Gasteiger partial charge in [-0.3, -0.25) is 9.69 Å². The number of carbonyl (C=O) groups excluding carboxylic acids is 1. The lowest BCUT2D eigenvalue weighted by molar-refractivity contribution is -0.119. The molecule has 1 saturated carbocycles. The van der Waals surface area contributed by atoms with Gasteiger partial charge in [-0.1, -0.05) is 12.5 Å². The zero-order chi connectivity index (χ0) is 15.5. The van der Waals surface area contributed by atoms with Crippen molar-refractivity contribution >= 4 is 22.4 Å². The first-order valence-corrected chi connectivity index (χ1v) is 9.16. The molecule has 5 heteroatoms. The summed E-state index contributed by atoms with van der Waals surface area (Å²) in [6.45, 7) is 4.33. The Kier molecular flexibility index (Phi) is 4.93. The van der Waals surface area contributed by atoms with Crippen LogP contribution in [0.4, 0.5) is 5.13 Å². The highest BCUT2D eigenvalue weighted by molar-refractivity contribution is 7.16. The van der Waals surface area contributed by atoms with Gasteiger partial charge < -0.3 is 5.73 Å². The first-order valence-electron chi connectivity index (χ1n) is 8.34. The number of fused-ring (bicyclic) bond motifs is 1. The number of hydrogen-bond acceptors (Lipinski definition) is 4. The number of carbonyl (C=O) groups is 1. The highest BCUT2D eigenvalue weighted by Gasteiger charge is 2.29. The third-order valence-corrected chi connectivity index (χ3v) is 6.01. The van der Waals surface area contributed by atoms with Crippen LogP contribution in [0.15, 0.2) is 12.7 Å². The van der Waals surface area contributed by atoms with Crippen molar-refractivity contribution in [1.29, 1.82) is 0 Å². The molecular weight excluding hydrogens is 294 g/mol. The molecule has 0 saturated heterocycles. The summed E-state index contributed by atoms with van der Waals surface area (Å²) < 4.78 is 0. The average Bonchev–Trinajstić information content (AvgIpc) is 3.11. The minimum absolute atomic E-state index is 0.147. The van der Waals surface area contributed by atoms with Crippen molar-refractivity contribution in [2.75, 3.05) is 11.4 Å². The predicted molar refractivity (Wildman–Crippen MR) is 91.2 cm³/mol. The van der Waals surface area contributed by atoms with Crippen molar-refractivity contribution in [3.05, 3.63) is 23.2 Å². The Morgan fingerprint density at radius 1 is 1.36 bits per heavy atom. The minimum Gasteiger partial charge on any atom is -0.327 e. The van der Waals surface area contributed by atoms with Crippen LogP contribution in [0.25, 0.3) is 0 Å². The van der Waals surface area contributed by atoms with Crippen molar-refractivity contribution in [3.8, 4) is 0 Å². The van der Waals surface area contributed by atoms with Gasteiger partial charge in [0, 0.05) is 23.9 Å². The highest BCUT2D eigenvalue weighted by Crippen LogP contribution is 2.33. The predicted octanol–water partition coefficient (Wildman–Crippen LogP) is 3.06. The summed E-state index contributed by atoms with van der Waals surface area (Å²) in [7, 11) is 0. The van der Waals surface area contributed by atoms with E-state index in [1.807, 2.05) is 0 Å². The Balaban J connectivity index is 1.75. The number of aryl methyl sites for hydroxylation is 2. The Bertz CT molecular complexity index is 531. The van der Waals surface area contributed by atoms with E-state index in [0.29, 0.717) is 18.9 Å². The van der Waals surface area contributed by atoms with Crippen molar-refractivity contribution in [2.45, 2.75) is 57.4 Å². The lowest BCUT2D eigenvalue weighted by Crippen LogP contribution is -2.35. The van der Waals surface area contributed by atoms with Gasteiger partial charge in [0.25, 0.3) is 0 Å². The smallest absolute Gasteiger partial charge is 0.229 e. The monoisotopic (exact) mass is 319 g/mol. The Labute approximate surface area is 136 Å². The largest absolute Gasteiger partial charge is 0.327 e. The molecule has 1 aromatic heterocycles. The maximum absolute atomic E-state index is 12.7. The molecule has 2 atom stereocenters. The van der Waals surface area contributed by atoms with Crippen LogP contribution in [-0.2, 0) is 17.6 Å². The summed E-state index contributed by atoms with van der Waals surface area (Å²) in [5.74, 6) is 0.475. The first-order chi connectivity index (χ1) is 10.7. The lowest BCUT2D eigenvalue weighted by atomic mass is 9.99. The molecule has 0 radical (unpaired) electrons. The number of hydrogen-bond donors (Lipinski definition) is 1. The second-order valence-corrected chi connectivity index (χ2v) is 7.49. The van der Waals surface area contributed by atoms with Gasteiger partial charge in [0.2, 0.25) is 5.91 Å². The number of nitrogens with zero attached hydrogens (tertiary/aromatic N) is 2. The van der Waals surface area contributed by atoms with Crippen LogP contribution in [0, 0.1) is 5.92 Å².